The monoisotopic (exact) mass is 250 g/mol. The molecule has 0 aliphatic rings. The smallest absolute Gasteiger partial charge is 0.338 e. The van der Waals surface area contributed by atoms with Crippen LogP contribution in [0.3, 0.4) is 0 Å². The molecule has 0 aliphatic carbocycles. The van der Waals surface area contributed by atoms with E-state index in [2.05, 4.69) is 6.92 Å². The quantitative estimate of drug-likeness (QED) is 0.696. The van der Waals surface area contributed by atoms with Gasteiger partial charge in [0, 0.05) is 7.11 Å². The molecule has 0 saturated heterocycles. The summed E-state index contributed by atoms with van der Waals surface area (Å²) in [6, 6.07) is 7.46. The van der Waals surface area contributed by atoms with Crippen LogP contribution < -0.4 is 0 Å². The van der Waals surface area contributed by atoms with Gasteiger partial charge < -0.3 is 9.47 Å². The number of hydrogen-bond donors (Lipinski definition) is 0. The Kier molecular flexibility index (Phi) is 6.44. The number of unbranched alkanes of at least 4 members (excludes halogenated alkanes) is 1. The molecule has 1 aromatic carbocycles. The zero-order valence-corrected chi connectivity index (χ0v) is 11.4. The van der Waals surface area contributed by atoms with E-state index < -0.39 is 0 Å². The molecular weight excluding hydrogens is 228 g/mol. The van der Waals surface area contributed by atoms with Crippen molar-refractivity contribution in [3.8, 4) is 0 Å². The van der Waals surface area contributed by atoms with Crippen molar-refractivity contribution in [3.63, 3.8) is 0 Å². The van der Waals surface area contributed by atoms with Crippen LogP contribution in [0.1, 0.15) is 42.1 Å². The van der Waals surface area contributed by atoms with Crippen LogP contribution in [0.15, 0.2) is 24.3 Å². The molecule has 0 N–H and O–H groups in total. The maximum absolute atomic E-state index is 12.0. The highest BCUT2D eigenvalue weighted by atomic mass is 16.6. The summed E-state index contributed by atoms with van der Waals surface area (Å²) in [6.45, 7) is 4.48. The van der Waals surface area contributed by atoms with Gasteiger partial charge in [-0.15, -0.1) is 0 Å². The molecule has 3 heteroatoms. The number of benzene rings is 1. The van der Waals surface area contributed by atoms with Crippen molar-refractivity contribution in [2.75, 3.05) is 13.7 Å². The second-order valence-electron chi connectivity index (χ2n) is 4.44. The first-order valence-corrected chi connectivity index (χ1v) is 6.44. The van der Waals surface area contributed by atoms with Gasteiger partial charge in [0.15, 0.2) is 0 Å². The number of rotatable bonds is 7. The van der Waals surface area contributed by atoms with Crippen molar-refractivity contribution in [2.24, 2.45) is 0 Å². The van der Waals surface area contributed by atoms with E-state index in [1.165, 1.54) is 0 Å². The maximum Gasteiger partial charge on any atom is 0.338 e. The molecule has 0 saturated carbocycles. The lowest BCUT2D eigenvalue weighted by atomic mass is 10.1. The summed E-state index contributed by atoms with van der Waals surface area (Å²) in [5, 5.41) is 0. The molecule has 1 unspecified atom stereocenters. The Hall–Kier alpha value is -1.35. The van der Waals surface area contributed by atoms with Crippen LogP contribution >= 0.6 is 0 Å². The number of ether oxygens (including phenoxy) is 2. The Balaban J connectivity index is 2.63. The van der Waals surface area contributed by atoms with Gasteiger partial charge in [-0.25, -0.2) is 4.79 Å². The molecule has 1 atom stereocenters. The molecular formula is C15H22O3. The molecule has 0 fully saturated rings. The Morgan fingerprint density at radius 3 is 2.67 bits per heavy atom. The molecule has 0 aliphatic heterocycles. The van der Waals surface area contributed by atoms with Gasteiger partial charge in [-0.05, 0) is 31.4 Å². The minimum atomic E-state index is -0.258. The zero-order chi connectivity index (χ0) is 13.4. The van der Waals surface area contributed by atoms with Crippen LogP contribution in [0.2, 0.25) is 0 Å². The number of hydrogen-bond acceptors (Lipinski definition) is 3. The van der Waals surface area contributed by atoms with Crippen LogP contribution in [0.5, 0.6) is 0 Å². The van der Waals surface area contributed by atoms with Gasteiger partial charge >= 0.3 is 5.97 Å². The fourth-order valence-electron chi connectivity index (χ4n) is 1.81. The van der Waals surface area contributed by atoms with E-state index in [9.17, 15) is 4.79 Å². The zero-order valence-electron chi connectivity index (χ0n) is 11.4. The first-order chi connectivity index (χ1) is 8.69. The summed E-state index contributed by atoms with van der Waals surface area (Å²) >= 11 is 0. The van der Waals surface area contributed by atoms with Crippen molar-refractivity contribution in [1.82, 2.24) is 0 Å². The van der Waals surface area contributed by atoms with Gasteiger partial charge in [0.05, 0.1) is 12.2 Å². The third kappa shape index (κ3) is 4.49. The normalized spacial score (nSPS) is 12.2. The van der Waals surface area contributed by atoms with E-state index in [0.29, 0.717) is 12.2 Å². The van der Waals surface area contributed by atoms with Crippen molar-refractivity contribution >= 4 is 5.97 Å². The lowest BCUT2D eigenvalue weighted by Gasteiger charge is -2.17. The number of carbonyl (C=O) groups is 1. The molecule has 0 amide bonds. The standard InChI is InChI=1S/C15H22O3/c1-4-5-9-13(11-17-3)18-15(16)14-10-7-6-8-12(14)2/h6-8,10,13H,4-5,9,11H2,1-3H3. The van der Waals surface area contributed by atoms with E-state index in [0.717, 1.165) is 24.8 Å². The second kappa shape index (κ2) is 7.88. The van der Waals surface area contributed by atoms with E-state index in [4.69, 9.17) is 9.47 Å². The summed E-state index contributed by atoms with van der Waals surface area (Å²) in [5.74, 6) is -0.258. The fourth-order valence-corrected chi connectivity index (χ4v) is 1.81. The summed E-state index contributed by atoms with van der Waals surface area (Å²) in [6.07, 6.45) is 2.82. The molecule has 0 radical (unpaired) electrons. The topological polar surface area (TPSA) is 35.5 Å². The van der Waals surface area contributed by atoms with Gasteiger partial charge in [0.2, 0.25) is 0 Å². The van der Waals surface area contributed by atoms with Crippen LogP contribution in [-0.4, -0.2) is 25.8 Å². The summed E-state index contributed by atoms with van der Waals surface area (Å²) in [7, 11) is 1.63. The van der Waals surface area contributed by atoms with Crippen molar-refractivity contribution in [1.29, 1.82) is 0 Å². The SMILES string of the molecule is CCCCC(COC)OC(=O)c1ccccc1C. The van der Waals surface area contributed by atoms with E-state index >= 15 is 0 Å². The average molecular weight is 250 g/mol. The van der Waals surface area contributed by atoms with Gasteiger partial charge in [-0.2, -0.15) is 0 Å². The molecule has 3 nitrogen and oxygen atoms in total. The highest BCUT2D eigenvalue weighted by Crippen LogP contribution is 2.12. The number of esters is 1. The van der Waals surface area contributed by atoms with E-state index in [-0.39, 0.29) is 12.1 Å². The number of carbonyl (C=O) groups excluding carboxylic acids is 1. The molecule has 1 rings (SSSR count). The third-order valence-electron chi connectivity index (χ3n) is 2.87. The predicted octanol–water partition coefficient (Wildman–Crippen LogP) is 3.36. The van der Waals surface area contributed by atoms with E-state index in [1.54, 1.807) is 13.2 Å². The van der Waals surface area contributed by atoms with Crippen molar-refractivity contribution in [3.05, 3.63) is 35.4 Å². The lowest BCUT2D eigenvalue weighted by molar-refractivity contribution is 0.00245. The number of aryl methyl sites for hydroxylation is 1. The Labute approximate surface area is 109 Å². The molecule has 1 aromatic rings. The van der Waals surface area contributed by atoms with Crippen LogP contribution in [-0.2, 0) is 9.47 Å². The highest BCUT2D eigenvalue weighted by Gasteiger charge is 2.16. The molecule has 100 valence electrons. The molecule has 0 aromatic heterocycles. The second-order valence-corrected chi connectivity index (χ2v) is 4.44. The van der Waals surface area contributed by atoms with Gasteiger partial charge in [-0.3, -0.25) is 0 Å². The lowest BCUT2D eigenvalue weighted by Crippen LogP contribution is -2.23. The van der Waals surface area contributed by atoms with Gasteiger partial charge in [0.1, 0.15) is 6.10 Å². The Morgan fingerprint density at radius 2 is 2.06 bits per heavy atom. The fraction of sp³-hybridized carbons (Fsp3) is 0.533. The van der Waals surface area contributed by atoms with Gasteiger partial charge in [-0.1, -0.05) is 31.5 Å². The van der Waals surface area contributed by atoms with Gasteiger partial charge in [0.25, 0.3) is 0 Å². The third-order valence-corrected chi connectivity index (χ3v) is 2.87. The first-order valence-electron chi connectivity index (χ1n) is 6.44. The maximum atomic E-state index is 12.0. The van der Waals surface area contributed by atoms with Crippen LogP contribution in [0.25, 0.3) is 0 Å². The molecule has 0 heterocycles. The summed E-state index contributed by atoms with van der Waals surface area (Å²) in [5.41, 5.74) is 1.57. The molecule has 18 heavy (non-hydrogen) atoms. The Bertz CT molecular complexity index is 374. The van der Waals surface area contributed by atoms with Crippen LogP contribution in [0.4, 0.5) is 0 Å². The first kappa shape index (κ1) is 14.7. The minimum absolute atomic E-state index is 0.151. The summed E-state index contributed by atoms with van der Waals surface area (Å²) < 4.78 is 10.6. The minimum Gasteiger partial charge on any atom is -0.456 e. The predicted molar refractivity (Wildman–Crippen MR) is 71.8 cm³/mol. The Morgan fingerprint density at radius 1 is 1.33 bits per heavy atom. The van der Waals surface area contributed by atoms with E-state index in [1.807, 2.05) is 25.1 Å². The van der Waals surface area contributed by atoms with Crippen LogP contribution in [0, 0.1) is 6.92 Å². The van der Waals surface area contributed by atoms with Crippen molar-refractivity contribution < 1.29 is 14.3 Å². The molecule has 0 spiro atoms. The van der Waals surface area contributed by atoms with Crippen molar-refractivity contribution in [2.45, 2.75) is 39.2 Å². The number of methoxy groups -OCH3 is 1. The largest absolute Gasteiger partial charge is 0.456 e. The molecule has 0 bridgehead atoms. The highest BCUT2D eigenvalue weighted by molar-refractivity contribution is 5.91. The average Bonchev–Trinajstić information content (AvgIpc) is 2.36. The summed E-state index contributed by atoms with van der Waals surface area (Å²) in [4.78, 5) is 12.0.